The molecule has 2 rings (SSSR count). The van der Waals surface area contributed by atoms with Crippen molar-refractivity contribution in [3.8, 4) is 0 Å². The van der Waals surface area contributed by atoms with Gasteiger partial charge >= 0.3 is 6.18 Å². The first kappa shape index (κ1) is 17.2. The number of rotatable bonds is 3. The second-order valence-corrected chi connectivity index (χ2v) is 5.49. The van der Waals surface area contributed by atoms with Gasteiger partial charge in [-0.2, -0.15) is 13.2 Å². The number of nitrogen functional groups attached to an aromatic ring is 1. The number of halogens is 4. The lowest BCUT2D eigenvalue weighted by molar-refractivity contribution is -0.142. The molecule has 0 unspecified atom stereocenters. The molecule has 1 aromatic heterocycles. The van der Waals surface area contributed by atoms with E-state index in [0.29, 0.717) is 0 Å². The monoisotopic (exact) mass is 388 g/mol. The minimum absolute atomic E-state index is 0.263. The maximum atomic E-state index is 12.7. The van der Waals surface area contributed by atoms with Gasteiger partial charge in [0.1, 0.15) is 4.60 Å². The number of hydrogen-bond acceptors (Lipinski definition) is 4. The van der Waals surface area contributed by atoms with E-state index in [2.05, 4.69) is 25.9 Å². The number of benzene rings is 1. The lowest BCUT2D eigenvalue weighted by Crippen LogP contribution is -2.29. The zero-order valence-corrected chi connectivity index (χ0v) is 13.5. The summed E-state index contributed by atoms with van der Waals surface area (Å²) in [4.78, 5) is 20.5. The molecule has 2 aromatic rings. The Morgan fingerprint density at radius 1 is 1.26 bits per heavy atom. The summed E-state index contributed by atoms with van der Waals surface area (Å²) in [6.45, 7) is 0.263. The number of nitrogens with two attached hydrogens (primary N) is 1. The number of alkyl halides is 3. The molecule has 23 heavy (non-hydrogen) atoms. The number of anilines is 1. The Morgan fingerprint density at radius 3 is 2.43 bits per heavy atom. The van der Waals surface area contributed by atoms with Crippen LogP contribution in [-0.4, -0.2) is 27.8 Å². The number of carbonyl (C=O) groups excluding carboxylic acids is 1. The number of aromatic nitrogens is 2. The molecule has 5 nitrogen and oxygen atoms in total. The standard InChI is InChI=1S/C14H12BrF3N4O/c1-22(7-8-5-3-2-4-6-8)13(23)9-12(19)21-10(11(15)20-9)14(16,17)18/h2-6H,7H2,1H3,(H2,19,21). The second kappa shape index (κ2) is 6.53. The highest BCUT2D eigenvalue weighted by Gasteiger charge is 2.37. The first-order valence-electron chi connectivity index (χ1n) is 6.39. The van der Waals surface area contributed by atoms with Gasteiger partial charge in [0.25, 0.3) is 5.91 Å². The molecule has 0 spiro atoms. The number of carbonyl (C=O) groups is 1. The fraction of sp³-hybridized carbons (Fsp3) is 0.214. The number of amides is 1. The molecule has 2 N–H and O–H groups in total. The third kappa shape index (κ3) is 3.98. The Kier molecular flexibility index (Phi) is 4.88. The predicted octanol–water partition coefficient (Wildman–Crippen LogP) is 3.11. The molecule has 1 aromatic carbocycles. The molecular weight excluding hydrogens is 377 g/mol. The van der Waals surface area contributed by atoms with Gasteiger partial charge in [-0.15, -0.1) is 0 Å². The van der Waals surface area contributed by atoms with Gasteiger partial charge in [0.05, 0.1) is 0 Å². The third-order valence-electron chi connectivity index (χ3n) is 2.96. The van der Waals surface area contributed by atoms with E-state index in [1.54, 1.807) is 0 Å². The van der Waals surface area contributed by atoms with E-state index < -0.39 is 28.2 Å². The van der Waals surface area contributed by atoms with Gasteiger partial charge < -0.3 is 10.6 Å². The molecule has 9 heteroatoms. The van der Waals surface area contributed by atoms with E-state index in [0.717, 1.165) is 5.56 Å². The molecule has 0 saturated heterocycles. The highest BCUT2D eigenvalue weighted by molar-refractivity contribution is 9.10. The molecule has 1 amide bonds. The summed E-state index contributed by atoms with van der Waals surface area (Å²) in [5, 5.41) is 0. The summed E-state index contributed by atoms with van der Waals surface area (Å²) in [5.74, 6) is -1.18. The molecule has 122 valence electrons. The van der Waals surface area contributed by atoms with Crippen molar-refractivity contribution in [2.45, 2.75) is 12.7 Å². The SMILES string of the molecule is CN(Cc1ccccc1)C(=O)c1nc(Br)c(C(F)(F)F)nc1N. The van der Waals surface area contributed by atoms with Crippen LogP contribution in [-0.2, 0) is 12.7 Å². The van der Waals surface area contributed by atoms with E-state index in [9.17, 15) is 18.0 Å². The largest absolute Gasteiger partial charge is 0.436 e. The molecule has 0 radical (unpaired) electrons. The lowest BCUT2D eigenvalue weighted by Gasteiger charge is -2.18. The maximum Gasteiger partial charge on any atom is 0.436 e. The van der Waals surface area contributed by atoms with Crippen LogP contribution in [0, 0.1) is 0 Å². The molecule has 0 fully saturated rings. The average molecular weight is 389 g/mol. The van der Waals surface area contributed by atoms with E-state index in [1.807, 2.05) is 30.3 Å². The summed E-state index contributed by atoms with van der Waals surface area (Å²) in [7, 11) is 1.50. The van der Waals surface area contributed by atoms with Gasteiger partial charge in [-0.05, 0) is 21.5 Å². The summed E-state index contributed by atoms with van der Waals surface area (Å²) >= 11 is 2.68. The molecule has 0 bridgehead atoms. The van der Waals surface area contributed by atoms with Crippen LogP contribution in [0.4, 0.5) is 19.0 Å². The van der Waals surface area contributed by atoms with Gasteiger partial charge in [-0.1, -0.05) is 30.3 Å². The second-order valence-electron chi connectivity index (χ2n) is 4.74. The van der Waals surface area contributed by atoms with Gasteiger partial charge in [0.2, 0.25) is 0 Å². The molecule has 0 saturated carbocycles. The Morgan fingerprint density at radius 2 is 1.87 bits per heavy atom. The number of hydrogen-bond donors (Lipinski definition) is 1. The van der Waals surface area contributed by atoms with Crippen molar-refractivity contribution >= 4 is 27.7 Å². The van der Waals surface area contributed by atoms with Crippen molar-refractivity contribution < 1.29 is 18.0 Å². The Hall–Kier alpha value is -2.16. The highest BCUT2D eigenvalue weighted by atomic mass is 79.9. The van der Waals surface area contributed by atoms with Crippen LogP contribution >= 0.6 is 15.9 Å². The molecular formula is C14H12BrF3N4O. The summed E-state index contributed by atoms with van der Waals surface area (Å²) in [6.07, 6.45) is -4.71. The zero-order valence-electron chi connectivity index (χ0n) is 11.9. The first-order valence-corrected chi connectivity index (χ1v) is 7.19. The van der Waals surface area contributed by atoms with Gasteiger partial charge in [-0.25, -0.2) is 9.97 Å². The fourth-order valence-corrected chi connectivity index (χ4v) is 2.37. The van der Waals surface area contributed by atoms with E-state index in [1.165, 1.54) is 11.9 Å². The van der Waals surface area contributed by atoms with Crippen LogP contribution in [0.1, 0.15) is 21.7 Å². The summed E-state index contributed by atoms with van der Waals surface area (Å²) in [5.41, 5.74) is 4.74. The maximum absolute atomic E-state index is 12.7. The van der Waals surface area contributed by atoms with Gasteiger partial charge in [0, 0.05) is 13.6 Å². The molecule has 0 atom stereocenters. The molecule has 0 aliphatic carbocycles. The van der Waals surface area contributed by atoms with Crippen molar-refractivity contribution in [2.24, 2.45) is 0 Å². The third-order valence-corrected chi connectivity index (χ3v) is 3.51. The van der Waals surface area contributed by atoms with E-state index in [-0.39, 0.29) is 12.2 Å². The van der Waals surface area contributed by atoms with Gasteiger partial charge in [0.15, 0.2) is 17.2 Å². The van der Waals surface area contributed by atoms with Crippen LogP contribution < -0.4 is 5.73 Å². The topological polar surface area (TPSA) is 72.1 Å². The minimum atomic E-state index is -4.71. The summed E-state index contributed by atoms with van der Waals surface area (Å²) in [6, 6.07) is 9.11. The van der Waals surface area contributed by atoms with Crippen LogP contribution in [0.5, 0.6) is 0 Å². The Balaban J connectivity index is 2.27. The Labute approximate surface area is 138 Å². The van der Waals surface area contributed by atoms with E-state index in [4.69, 9.17) is 5.73 Å². The molecule has 1 heterocycles. The molecule has 0 aliphatic heterocycles. The zero-order chi connectivity index (χ0) is 17.2. The van der Waals surface area contributed by atoms with Crippen molar-refractivity contribution in [2.75, 3.05) is 12.8 Å². The summed E-state index contributed by atoms with van der Waals surface area (Å²) < 4.78 is 37.6. The fourth-order valence-electron chi connectivity index (χ4n) is 1.88. The van der Waals surface area contributed by atoms with Crippen LogP contribution in [0.2, 0.25) is 0 Å². The number of nitrogens with zero attached hydrogens (tertiary/aromatic N) is 3. The van der Waals surface area contributed by atoms with Crippen molar-refractivity contribution in [1.82, 2.24) is 14.9 Å². The van der Waals surface area contributed by atoms with Crippen LogP contribution in [0.25, 0.3) is 0 Å². The quantitative estimate of drug-likeness (QED) is 0.876. The normalized spacial score (nSPS) is 11.3. The predicted molar refractivity (Wildman–Crippen MR) is 81.4 cm³/mol. The molecule has 0 aliphatic rings. The first-order chi connectivity index (χ1) is 10.7. The van der Waals surface area contributed by atoms with Crippen molar-refractivity contribution in [3.05, 3.63) is 51.9 Å². The van der Waals surface area contributed by atoms with Crippen molar-refractivity contribution in [1.29, 1.82) is 0 Å². The van der Waals surface area contributed by atoms with Gasteiger partial charge in [-0.3, -0.25) is 4.79 Å². The van der Waals surface area contributed by atoms with Crippen LogP contribution in [0.15, 0.2) is 34.9 Å². The average Bonchev–Trinajstić information content (AvgIpc) is 2.48. The lowest BCUT2D eigenvalue weighted by atomic mass is 10.2. The van der Waals surface area contributed by atoms with E-state index >= 15 is 0 Å². The smallest absolute Gasteiger partial charge is 0.382 e. The highest BCUT2D eigenvalue weighted by Crippen LogP contribution is 2.33. The minimum Gasteiger partial charge on any atom is -0.382 e. The van der Waals surface area contributed by atoms with Crippen molar-refractivity contribution in [3.63, 3.8) is 0 Å². The Bertz CT molecular complexity index is 722. The van der Waals surface area contributed by atoms with Crippen LogP contribution in [0.3, 0.4) is 0 Å².